The van der Waals surface area contributed by atoms with Crippen molar-refractivity contribution in [2.75, 3.05) is 4.43 Å². The van der Waals surface area contributed by atoms with E-state index in [1.807, 2.05) is 22.6 Å². The summed E-state index contributed by atoms with van der Waals surface area (Å²) in [5, 5.41) is 6.51. The van der Waals surface area contributed by atoms with Crippen LogP contribution in [0.3, 0.4) is 0 Å². The highest BCUT2D eigenvalue weighted by Gasteiger charge is 1.72. The van der Waals surface area contributed by atoms with Crippen LogP contribution in [0.15, 0.2) is 0 Å². The summed E-state index contributed by atoms with van der Waals surface area (Å²) in [4.78, 5) is 0. The average molecular weight is 184 g/mol. The molecule has 0 saturated heterocycles. The molecule has 0 atom stereocenters. The molecule has 0 amide bonds. The Bertz CT molecular complexity index is 42.9. The van der Waals surface area contributed by atoms with Crippen molar-refractivity contribution in [2.24, 2.45) is 5.73 Å². The predicted molar refractivity (Wildman–Crippen MR) is 30.8 cm³/mol. The van der Waals surface area contributed by atoms with Gasteiger partial charge < -0.3 is 5.73 Å². The van der Waals surface area contributed by atoms with Crippen LogP contribution in [-0.2, 0) is 0 Å². The largest absolute Gasteiger partial charge is 0.387 e. The first-order valence-electron chi connectivity index (χ1n) is 1.16. The molecule has 0 spiro atoms. The van der Waals surface area contributed by atoms with Gasteiger partial charge >= 0.3 is 0 Å². The Balaban J connectivity index is 2.85. The molecule has 0 rings (SSSR count). The van der Waals surface area contributed by atoms with Gasteiger partial charge in [-0.2, -0.15) is 0 Å². The number of halogens is 1. The van der Waals surface area contributed by atoms with Gasteiger partial charge in [0.25, 0.3) is 0 Å². The summed E-state index contributed by atoms with van der Waals surface area (Å²) in [6.07, 6.45) is 0. The van der Waals surface area contributed by atoms with Gasteiger partial charge in [0.05, 0.1) is 4.43 Å². The van der Waals surface area contributed by atoms with Crippen molar-refractivity contribution >= 4 is 28.4 Å². The van der Waals surface area contributed by atoms with E-state index in [9.17, 15) is 0 Å². The standard InChI is InChI=1S/C2H5IN2/c3-1-2(4)5/h1H2,(H3,4,5). The van der Waals surface area contributed by atoms with Crippen molar-refractivity contribution in [3.8, 4) is 0 Å². The maximum Gasteiger partial charge on any atom is 0.100 e. The van der Waals surface area contributed by atoms with Crippen LogP contribution in [0.2, 0.25) is 0 Å². The zero-order chi connectivity index (χ0) is 4.28. The molecule has 0 aromatic rings. The SMILES string of the molecule is N=C(N)CI. The molecule has 0 saturated carbocycles. The first kappa shape index (κ1) is 5.20. The lowest BCUT2D eigenvalue weighted by molar-refractivity contribution is 1.44. The van der Waals surface area contributed by atoms with Crippen LogP contribution in [0.4, 0.5) is 0 Å². The van der Waals surface area contributed by atoms with Crippen molar-refractivity contribution in [2.45, 2.75) is 0 Å². The highest BCUT2D eigenvalue weighted by atomic mass is 127. The number of nitrogens with one attached hydrogen (secondary N) is 1. The molecule has 0 aromatic heterocycles. The fourth-order valence-electron chi connectivity index (χ4n) is 0. The molecule has 0 radical (unpaired) electrons. The first-order chi connectivity index (χ1) is 2.27. The molecule has 30 valence electrons. The van der Waals surface area contributed by atoms with Crippen LogP contribution < -0.4 is 5.73 Å². The van der Waals surface area contributed by atoms with E-state index in [1.165, 1.54) is 0 Å². The molecule has 0 unspecified atom stereocenters. The number of amidine groups is 1. The van der Waals surface area contributed by atoms with Gasteiger partial charge in [0.2, 0.25) is 0 Å². The molecule has 0 heterocycles. The zero-order valence-electron chi connectivity index (χ0n) is 2.66. The molecule has 0 fully saturated rings. The monoisotopic (exact) mass is 184 g/mol. The summed E-state index contributed by atoms with van der Waals surface area (Å²) >= 11 is 2.03. The molecule has 0 aromatic carbocycles. The smallest absolute Gasteiger partial charge is 0.100 e. The van der Waals surface area contributed by atoms with Crippen LogP contribution in [0.25, 0.3) is 0 Å². The summed E-state index contributed by atoms with van der Waals surface area (Å²) in [6.45, 7) is 0. The molecule has 5 heavy (non-hydrogen) atoms. The van der Waals surface area contributed by atoms with Gasteiger partial charge in [-0.05, 0) is 0 Å². The minimum Gasteiger partial charge on any atom is -0.387 e. The van der Waals surface area contributed by atoms with Crippen LogP contribution in [0.5, 0.6) is 0 Å². The van der Waals surface area contributed by atoms with E-state index in [2.05, 4.69) is 0 Å². The zero-order valence-corrected chi connectivity index (χ0v) is 4.82. The molecule has 3 heteroatoms. The molecular formula is C2H5IN2. The quantitative estimate of drug-likeness (QED) is 0.263. The number of hydrogen-bond donors (Lipinski definition) is 2. The van der Waals surface area contributed by atoms with Crippen molar-refractivity contribution in [3.63, 3.8) is 0 Å². The van der Waals surface area contributed by atoms with Gasteiger partial charge in [0.1, 0.15) is 5.84 Å². The second-order valence-electron chi connectivity index (χ2n) is 0.659. The Kier molecular flexibility index (Phi) is 2.54. The van der Waals surface area contributed by atoms with Crippen molar-refractivity contribution < 1.29 is 0 Å². The van der Waals surface area contributed by atoms with Crippen molar-refractivity contribution in [1.29, 1.82) is 5.41 Å². The van der Waals surface area contributed by atoms with E-state index in [-0.39, 0.29) is 5.84 Å². The highest BCUT2D eigenvalue weighted by molar-refractivity contribution is 14.1. The summed E-state index contributed by atoms with van der Waals surface area (Å²) in [7, 11) is 0. The van der Waals surface area contributed by atoms with Crippen molar-refractivity contribution in [1.82, 2.24) is 0 Å². The Hall–Kier alpha value is 0.200. The van der Waals surface area contributed by atoms with Crippen LogP contribution in [-0.4, -0.2) is 10.3 Å². The number of alkyl halides is 1. The molecule has 0 aliphatic rings. The molecular weight excluding hydrogens is 179 g/mol. The van der Waals surface area contributed by atoms with Gasteiger partial charge in [-0.1, -0.05) is 22.6 Å². The number of nitrogens with two attached hydrogens (primary N) is 1. The van der Waals surface area contributed by atoms with Gasteiger partial charge in [-0.3, -0.25) is 5.41 Å². The second kappa shape index (κ2) is 2.44. The first-order valence-corrected chi connectivity index (χ1v) is 2.69. The van der Waals surface area contributed by atoms with Gasteiger partial charge in [-0.25, -0.2) is 0 Å². The number of hydrogen-bond acceptors (Lipinski definition) is 1. The summed E-state index contributed by atoms with van der Waals surface area (Å²) in [5.74, 6) is 0.241. The maximum atomic E-state index is 6.51. The van der Waals surface area contributed by atoms with E-state index in [1.54, 1.807) is 0 Å². The molecule has 0 aliphatic carbocycles. The van der Waals surface area contributed by atoms with Gasteiger partial charge in [0, 0.05) is 0 Å². The Morgan fingerprint density at radius 2 is 2.20 bits per heavy atom. The van der Waals surface area contributed by atoms with Gasteiger partial charge in [-0.15, -0.1) is 0 Å². The molecule has 3 N–H and O–H groups in total. The number of rotatable bonds is 1. The summed E-state index contributed by atoms with van der Waals surface area (Å²) in [6, 6.07) is 0. The third-order valence-electron chi connectivity index (χ3n) is 0.144. The van der Waals surface area contributed by atoms with Crippen LogP contribution in [0, 0.1) is 5.41 Å². The molecule has 2 nitrogen and oxygen atoms in total. The fourth-order valence-corrected chi connectivity index (χ4v) is 0. The van der Waals surface area contributed by atoms with E-state index in [4.69, 9.17) is 11.1 Å². The second-order valence-corrected chi connectivity index (χ2v) is 1.42. The van der Waals surface area contributed by atoms with E-state index in [0.717, 1.165) is 0 Å². The van der Waals surface area contributed by atoms with Crippen LogP contribution in [0.1, 0.15) is 0 Å². The minimum atomic E-state index is 0.241. The third-order valence-corrected chi connectivity index (χ3v) is 0.966. The fraction of sp³-hybridized carbons (Fsp3) is 0.500. The minimum absolute atomic E-state index is 0.241. The average Bonchev–Trinajstić information content (AvgIpc) is 1.38. The van der Waals surface area contributed by atoms with Gasteiger partial charge in [0.15, 0.2) is 0 Å². The van der Waals surface area contributed by atoms with E-state index >= 15 is 0 Å². The van der Waals surface area contributed by atoms with Crippen LogP contribution >= 0.6 is 22.6 Å². The topological polar surface area (TPSA) is 49.9 Å². The lowest BCUT2D eigenvalue weighted by Gasteiger charge is -1.77. The Morgan fingerprint density at radius 1 is 2.00 bits per heavy atom. The summed E-state index contributed by atoms with van der Waals surface area (Å²) in [5.41, 5.74) is 4.87. The lowest BCUT2D eigenvalue weighted by Crippen LogP contribution is -2.09. The predicted octanol–water partition coefficient (Wildman–Crippen LogP) is 0.357. The molecule has 0 aliphatic heterocycles. The van der Waals surface area contributed by atoms with E-state index in [0.29, 0.717) is 4.43 Å². The Labute approximate surface area is 44.4 Å². The molecule has 0 bridgehead atoms. The van der Waals surface area contributed by atoms with E-state index < -0.39 is 0 Å². The summed E-state index contributed by atoms with van der Waals surface area (Å²) < 4.78 is 0.637. The normalized spacial score (nSPS) is 7.40. The third kappa shape index (κ3) is 4.20. The van der Waals surface area contributed by atoms with Crippen molar-refractivity contribution in [3.05, 3.63) is 0 Å². The highest BCUT2D eigenvalue weighted by Crippen LogP contribution is 1.73. The lowest BCUT2D eigenvalue weighted by atomic mass is 10.8. The Morgan fingerprint density at radius 3 is 2.20 bits per heavy atom. The maximum absolute atomic E-state index is 6.51.